The predicted octanol–water partition coefficient (Wildman–Crippen LogP) is -0.0629. The zero-order valence-corrected chi connectivity index (χ0v) is 9.66. The first kappa shape index (κ1) is 11.1. The average Bonchev–Trinajstić information content (AvgIpc) is 2.84. The number of carbonyl (C=O) groups excluding carboxylic acids is 1. The number of nitrogens with zero attached hydrogens (tertiary/aromatic N) is 3. The zero-order valence-electron chi connectivity index (χ0n) is 9.66. The summed E-state index contributed by atoms with van der Waals surface area (Å²) in [6, 6.07) is 0.448. The van der Waals surface area contributed by atoms with Crippen LogP contribution >= 0.6 is 0 Å². The van der Waals surface area contributed by atoms with Crippen LogP contribution in [-0.4, -0.2) is 52.2 Å². The summed E-state index contributed by atoms with van der Waals surface area (Å²) in [6.45, 7) is 3.55. The molecule has 1 aromatic rings. The number of aryl methyl sites for hydroxylation is 1. The summed E-state index contributed by atoms with van der Waals surface area (Å²) in [5.41, 5.74) is 0. The molecule has 1 amide bonds. The Morgan fingerprint density at radius 2 is 2.50 bits per heavy atom. The number of hydrogen-bond acceptors (Lipinski definition) is 4. The van der Waals surface area contributed by atoms with Gasteiger partial charge in [-0.3, -0.25) is 9.89 Å². The van der Waals surface area contributed by atoms with Gasteiger partial charge in [0.1, 0.15) is 5.82 Å². The van der Waals surface area contributed by atoms with Gasteiger partial charge in [-0.1, -0.05) is 0 Å². The van der Waals surface area contributed by atoms with Crippen LogP contribution < -0.4 is 5.32 Å². The third kappa shape index (κ3) is 2.38. The van der Waals surface area contributed by atoms with Gasteiger partial charge in [-0.25, -0.2) is 4.98 Å². The summed E-state index contributed by atoms with van der Waals surface area (Å²) in [6.07, 6.45) is 2.35. The van der Waals surface area contributed by atoms with Gasteiger partial charge in [0.2, 0.25) is 5.82 Å². The first-order chi connectivity index (χ1) is 7.66. The number of H-pyrrole nitrogens is 1. The van der Waals surface area contributed by atoms with Crippen molar-refractivity contribution < 1.29 is 4.79 Å². The molecule has 0 aliphatic carbocycles. The van der Waals surface area contributed by atoms with Crippen LogP contribution in [0.2, 0.25) is 0 Å². The predicted molar refractivity (Wildman–Crippen MR) is 59.1 cm³/mol. The van der Waals surface area contributed by atoms with E-state index in [9.17, 15) is 4.79 Å². The van der Waals surface area contributed by atoms with Crippen LogP contribution in [0.5, 0.6) is 0 Å². The van der Waals surface area contributed by atoms with E-state index in [0.29, 0.717) is 18.4 Å². The molecule has 1 aliphatic rings. The second-order valence-corrected chi connectivity index (χ2v) is 4.23. The fourth-order valence-corrected chi connectivity index (χ4v) is 1.97. The Hall–Kier alpha value is -1.43. The van der Waals surface area contributed by atoms with E-state index >= 15 is 0 Å². The Kier molecular flexibility index (Phi) is 3.19. The summed E-state index contributed by atoms with van der Waals surface area (Å²) in [7, 11) is 2.08. The molecule has 1 saturated heterocycles. The third-order valence-electron chi connectivity index (χ3n) is 2.97. The van der Waals surface area contributed by atoms with Gasteiger partial charge < -0.3 is 10.2 Å². The molecule has 2 rings (SSSR count). The second kappa shape index (κ2) is 4.61. The molecule has 0 saturated carbocycles. The molecule has 6 nitrogen and oxygen atoms in total. The van der Waals surface area contributed by atoms with Crippen LogP contribution in [0.1, 0.15) is 29.3 Å². The average molecular weight is 223 g/mol. The molecule has 1 aliphatic heterocycles. The topological polar surface area (TPSA) is 73.9 Å². The van der Waals surface area contributed by atoms with Crippen LogP contribution in [0, 0.1) is 6.92 Å². The molecule has 0 aromatic carbocycles. The maximum absolute atomic E-state index is 11.6. The lowest BCUT2D eigenvalue weighted by molar-refractivity contribution is 0.0933. The Bertz CT molecular complexity index is 375. The molecule has 1 atom stereocenters. The molecule has 2 heterocycles. The number of likely N-dealkylation sites (N-methyl/N-ethyl adjacent to an activating group) is 1. The number of likely N-dealkylation sites (tertiary alicyclic amines) is 1. The van der Waals surface area contributed by atoms with Crippen molar-refractivity contribution in [3.8, 4) is 0 Å². The van der Waals surface area contributed by atoms with Crippen molar-refractivity contribution in [2.45, 2.75) is 25.8 Å². The van der Waals surface area contributed by atoms with Crippen molar-refractivity contribution in [3.05, 3.63) is 11.6 Å². The number of carbonyl (C=O) groups is 1. The summed E-state index contributed by atoms with van der Waals surface area (Å²) < 4.78 is 0. The maximum atomic E-state index is 11.6. The Morgan fingerprint density at radius 1 is 1.69 bits per heavy atom. The number of aromatic amines is 1. The van der Waals surface area contributed by atoms with Crippen LogP contribution in [0.15, 0.2) is 0 Å². The van der Waals surface area contributed by atoms with Gasteiger partial charge >= 0.3 is 0 Å². The van der Waals surface area contributed by atoms with Crippen molar-refractivity contribution in [3.63, 3.8) is 0 Å². The highest BCUT2D eigenvalue weighted by atomic mass is 16.2. The second-order valence-electron chi connectivity index (χ2n) is 4.23. The normalized spacial score (nSPS) is 21.2. The minimum atomic E-state index is -0.204. The van der Waals surface area contributed by atoms with Crippen molar-refractivity contribution in [1.82, 2.24) is 25.4 Å². The molecule has 1 aromatic heterocycles. The molecule has 1 unspecified atom stereocenters. The Labute approximate surface area is 94.4 Å². The van der Waals surface area contributed by atoms with E-state index in [1.165, 1.54) is 6.42 Å². The lowest BCUT2D eigenvalue weighted by atomic mass is 10.2. The summed E-state index contributed by atoms with van der Waals surface area (Å²) in [5, 5.41) is 9.33. The minimum Gasteiger partial charge on any atom is -0.348 e. The van der Waals surface area contributed by atoms with Crippen LogP contribution in [0.4, 0.5) is 0 Å². The van der Waals surface area contributed by atoms with Gasteiger partial charge in [-0.05, 0) is 33.4 Å². The maximum Gasteiger partial charge on any atom is 0.291 e. The molecular formula is C10H17N5O. The Balaban J connectivity index is 1.84. The van der Waals surface area contributed by atoms with Gasteiger partial charge in [-0.2, -0.15) is 0 Å². The van der Waals surface area contributed by atoms with Gasteiger partial charge in [0, 0.05) is 12.6 Å². The molecule has 0 spiro atoms. The van der Waals surface area contributed by atoms with Gasteiger partial charge in [0.25, 0.3) is 5.91 Å². The largest absolute Gasteiger partial charge is 0.348 e. The van der Waals surface area contributed by atoms with Crippen molar-refractivity contribution in [2.75, 3.05) is 20.1 Å². The quantitative estimate of drug-likeness (QED) is 0.752. The van der Waals surface area contributed by atoms with Crippen molar-refractivity contribution in [1.29, 1.82) is 0 Å². The first-order valence-corrected chi connectivity index (χ1v) is 5.54. The standard InChI is InChI=1S/C10H17N5O/c1-7-12-9(14-13-7)10(16)11-6-8-4-3-5-15(8)2/h8H,3-6H2,1-2H3,(H,11,16)(H,12,13,14). The molecule has 1 fully saturated rings. The van der Waals surface area contributed by atoms with Crippen LogP contribution in [-0.2, 0) is 0 Å². The minimum absolute atomic E-state index is 0.204. The van der Waals surface area contributed by atoms with Crippen molar-refractivity contribution in [2.24, 2.45) is 0 Å². The van der Waals surface area contributed by atoms with Gasteiger partial charge in [0.15, 0.2) is 0 Å². The van der Waals surface area contributed by atoms with Gasteiger partial charge in [-0.15, -0.1) is 5.10 Å². The summed E-state index contributed by atoms with van der Waals surface area (Å²) in [4.78, 5) is 17.9. The fraction of sp³-hybridized carbons (Fsp3) is 0.700. The van der Waals surface area contributed by atoms with E-state index in [0.717, 1.165) is 13.0 Å². The van der Waals surface area contributed by atoms with Gasteiger partial charge in [0.05, 0.1) is 0 Å². The molecule has 6 heteroatoms. The Morgan fingerprint density at radius 3 is 3.06 bits per heavy atom. The van der Waals surface area contributed by atoms with E-state index in [4.69, 9.17) is 0 Å². The first-order valence-electron chi connectivity index (χ1n) is 5.54. The smallest absolute Gasteiger partial charge is 0.291 e. The van der Waals surface area contributed by atoms with E-state index in [1.54, 1.807) is 6.92 Å². The molecule has 0 radical (unpaired) electrons. The van der Waals surface area contributed by atoms with E-state index in [2.05, 4.69) is 32.4 Å². The number of amides is 1. The fourth-order valence-electron chi connectivity index (χ4n) is 1.97. The van der Waals surface area contributed by atoms with Crippen LogP contribution in [0.3, 0.4) is 0 Å². The lowest BCUT2D eigenvalue weighted by Gasteiger charge is -2.19. The number of hydrogen-bond donors (Lipinski definition) is 2. The monoisotopic (exact) mass is 223 g/mol. The lowest BCUT2D eigenvalue weighted by Crippen LogP contribution is -2.38. The highest BCUT2D eigenvalue weighted by molar-refractivity contribution is 5.90. The molecule has 0 bridgehead atoms. The van der Waals surface area contributed by atoms with E-state index in [-0.39, 0.29) is 11.7 Å². The summed E-state index contributed by atoms with van der Waals surface area (Å²) >= 11 is 0. The number of rotatable bonds is 3. The number of nitrogens with one attached hydrogen (secondary N) is 2. The molecular weight excluding hydrogens is 206 g/mol. The molecule has 2 N–H and O–H groups in total. The van der Waals surface area contributed by atoms with E-state index in [1.807, 2.05) is 0 Å². The number of aromatic nitrogens is 3. The molecule has 16 heavy (non-hydrogen) atoms. The summed E-state index contributed by atoms with van der Waals surface area (Å²) in [5.74, 6) is 0.672. The van der Waals surface area contributed by atoms with Crippen LogP contribution in [0.25, 0.3) is 0 Å². The highest BCUT2D eigenvalue weighted by Crippen LogP contribution is 2.13. The van der Waals surface area contributed by atoms with Crippen molar-refractivity contribution >= 4 is 5.91 Å². The third-order valence-corrected chi connectivity index (χ3v) is 2.97. The zero-order chi connectivity index (χ0) is 11.5. The van der Waals surface area contributed by atoms with E-state index < -0.39 is 0 Å². The highest BCUT2D eigenvalue weighted by Gasteiger charge is 2.21. The molecule has 88 valence electrons. The SMILES string of the molecule is Cc1nc(C(=O)NCC2CCCN2C)n[nH]1.